The lowest BCUT2D eigenvalue weighted by Crippen LogP contribution is -2.10. The summed E-state index contributed by atoms with van der Waals surface area (Å²) in [6.45, 7) is 4.01. The molecule has 1 aromatic heterocycles. The van der Waals surface area contributed by atoms with Crippen molar-refractivity contribution in [3.63, 3.8) is 0 Å². The molecular weight excluding hydrogens is 226 g/mol. The Balaban J connectivity index is 2.24. The van der Waals surface area contributed by atoms with Crippen LogP contribution in [0.25, 0.3) is 11.3 Å². The van der Waals surface area contributed by atoms with Gasteiger partial charge in [-0.2, -0.15) is 0 Å². The van der Waals surface area contributed by atoms with Gasteiger partial charge < -0.3 is 9.73 Å². The molecule has 0 spiro atoms. The van der Waals surface area contributed by atoms with E-state index in [1.165, 1.54) is 0 Å². The van der Waals surface area contributed by atoms with Crippen molar-refractivity contribution in [2.24, 2.45) is 0 Å². The fraction of sp³-hybridized carbons (Fsp3) is 0.267. The summed E-state index contributed by atoms with van der Waals surface area (Å²) in [5.41, 5.74) is 2.94. The average Bonchev–Trinajstić information content (AvgIpc) is 2.85. The Kier molecular flexibility index (Phi) is 3.82. The number of carbonyl (C=O) groups excluding carboxylic acids is 1. The summed E-state index contributed by atoms with van der Waals surface area (Å²) < 4.78 is 5.40. The van der Waals surface area contributed by atoms with Crippen LogP contribution in [0.15, 0.2) is 41.0 Å². The standard InChI is InChI=1S/C15H17NO2/c1-3-5-15(17)16-12-8-7-11(2)13(10-12)14-6-4-9-18-14/h4,6-10H,3,5H2,1-2H3,(H,16,17). The highest BCUT2D eigenvalue weighted by atomic mass is 16.3. The van der Waals surface area contributed by atoms with E-state index in [0.717, 1.165) is 29.0 Å². The Hall–Kier alpha value is -2.03. The fourth-order valence-corrected chi connectivity index (χ4v) is 1.85. The van der Waals surface area contributed by atoms with Gasteiger partial charge in [0, 0.05) is 17.7 Å². The molecule has 2 rings (SSSR count). The SMILES string of the molecule is CCCC(=O)Nc1ccc(C)c(-c2ccco2)c1. The summed E-state index contributed by atoms with van der Waals surface area (Å²) in [6, 6.07) is 9.62. The molecule has 1 aromatic carbocycles. The summed E-state index contributed by atoms with van der Waals surface area (Å²) in [6.07, 6.45) is 3.05. The first-order valence-electron chi connectivity index (χ1n) is 6.15. The van der Waals surface area contributed by atoms with E-state index in [0.29, 0.717) is 6.42 Å². The predicted molar refractivity (Wildman–Crippen MR) is 72.4 cm³/mol. The van der Waals surface area contributed by atoms with Crippen LogP contribution < -0.4 is 5.32 Å². The molecule has 1 N–H and O–H groups in total. The van der Waals surface area contributed by atoms with E-state index in [1.54, 1.807) is 6.26 Å². The molecule has 1 heterocycles. The van der Waals surface area contributed by atoms with Gasteiger partial charge in [-0.15, -0.1) is 0 Å². The first kappa shape index (κ1) is 12.4. The minimum absolute atomic E-state index is 0.0479. The topological polar surface area (TPSA) is 42.2 Å². The van der Waals surface area contributed by atoms with Gasteiger partial charge in [0.05, 0.1) is 6.26 Å². The van der Waals surface area contributed by atoms with Crippen LogP contribution in [0.1, 0.15) is 25.3 Å². The van der Waals surface area contributed by atoms with Crippen molar-refractivity contribution < 1.29 is 9.21 Å². The highest BCUT2D eigenvalue weighted by molar-refractivity contribution is 5.91. The summed E-state index contributed by atoms with van der Waals surface area (Å²) in [4.78, 5) is 11.6. The van der Waals surface area contributed by atoms with Crippen LogP contribution in [-0.4, -0.2) is 5.91 Å². The summed E-state index contributed by atoms with van der Waals surface area (Å²) in [7, 11) is 0. The lowest BCUT2D eigenvalue weighted by Gasteiger charge is -2.08. The third-order valence-electron chi connectivity index (χ3n) is 2.79. The molecule has 0 aliphatic rings. The van der Waals surface area contributed by atoms with Gasteiger partial charge in [0.15, 0.2) is 0 Å². The second-order valence-corrected chi connectivity index (χ2v) is 4.31. The van der Waals surface area contributed by atoms with Gasteiger partial charge in [-0.25, -0.2) is 0 Å². The third kappa shape index (κ3) is 2.80. The molecule has 1 amide bonds. The number of aryl methyl sites for hydroxylation is 1. The molecule has 0 aliphatic heterocycles. The molecule has 2 aromatic rings. The van der Waals surface area contributed by atoms with E-state index < -0.39 is 0 Å². The minimum Gasteiger partial charge on any atom is -0.464 e. The molecule has 0 unspecified atom stereocenters. The molecule has 3 heteroatoms. The molecule has 0 aliphatic carbocycles. The van der Waals surface area contributed by atoms with Crippen molar-refractivity contribution in [1.29, 1.82) is 0 Å². The quantitative estimate of drug-likeness (QED) is 0.882. The second kappa shape index (κ2) is 5.54. The van der Waals surface area contributed by atoms with Gasteiger partial charge >= 0.3 is 0 Å². The van der Waals surface area contributed by atoms with Crippen molar-refractivity contribution >= 4 is 11.6 Å². The molecule has 0 atom stereocenters. The number of anilines is 1. The van der Waals surface area contributed by atoms with E-state index in [2.05, 4.69) is 5.32 Å². The Morgan fingerprint density at radius 3 is 2.83 bits per heavy atom. The maximum absolute atomic E-state index is 11.6. The number of hydrogen-bond acceptors (Lipinski definition) is 2. The number of benzene rings is 1. The fourth-order valence-electron chi connectivity index (χ4n) is 1.85. The van der Waals surface area contributed by atoms with Crippen LogP contribution in [0, 0.1) is 6.92 Å². The molecule has 0 fully saturated rings. The van der Waals surface area contributed by atoms with Crippen LogP contribution in [-0.2, 0) is 4.79 Å². The number of carbonyl (C=O) groups is 1. The number of furan rings is 1. The zero-order valence-corrected chi connectivity index (χ0v) is 10.7. The van der Waals surface area contributed by atoms with Crippen LogP contribution in [0.3, 0.4) is 0 Å². The van der Waals surface area contributed by atoms with Crippen molar-refractivity contribution in [2.45, 2.75) is 26.7 Å². The van der Waals surface area contributed by atoms with E-state index in [4.69, 9.17) is 4.42 Å². The summed E-state index contributed by atoms with van der Waals surface area (Å²) >= 11 is 0. The van der Waals surface area contributed by atoms with Gasteiger partial charge in [-0.3, -0.25) is 4.79 Å². The van der Waals surface area contributed by atoms with Crippen LogP contribution >= 0.6 is 0 Å². The van der Waals surface area contributed by atoms with E-state index in [1.807, 2.05) is 44.2 Å². The van der Waals surface area contributed by atoms with E-state index in [-0.39, 0.29) is 5.91 Å². The molecule has 0 radical (unpaired) electrons. The molecule has 18 heavy (non-hydrogen) atoms. The first-order chi connectivity index (χ1) is 8.70. The Morgan fingerprint density at radius 1 is 1.33 bits per heavy atom. The van der Waals surface area contributed by atoms with Gasteiger partial charge in [-0.05, 0) is 43.2 Å². The van der Waals surface area contributed by atoms with Gasteiger partial charge in [-0.1, -0.05) is 13.0 Å². The summed E-state index contributed by atoms with van der Waals surface area (Å²) in [5, 5.41) is 2.89. The zero-order valence-electron chi connectivity index (χ0n) is 10.7. The molecule has 0 bridgehead atoms. The normalized spacial score (nSPS) is 10.3. The number of nitrogens with one attached hydrogen (secondary N) is 1. The highest BCUT2D eigenvalue weighted by Crippen LogP contribution is 2.26. The monoisotopic (exact) mass is 243 g/mol. The van der Waals surface area contributed by atoms with Crippen LogP contribution in [0.2, 0.25) is 0 Å². The van der Waals surface area contributed by atoms with Crippen LogP contribution in [0.4, 0.5) is 5.69 Å². The van der Waals surface area contributed by atoms with Gasteiger partial charge in [0.1, 0.15) is 5.76 Å². The minimum atomic E-state index is 0.0479. The Bertz CT molecular complexity index is 529. The largest absolute Gasteiger partial charge is 0.464 e. The number of amides is 1. The number of rotatable bonds is 4. The lowest BCUT2D eigenvalue weighted by molar-refractivity contribution is -0.116. The highest BCUT2D eigenvalue weighted by Gasteiger charge is 2.07. The maximum atomic E-state index is 11.6. The molecule has 3 nitrogen and oxygen atoms in total. The molecule has 0 saturated heterocycles. The third-order valence-corrected chi connectivity index (χ3v) is 2.79. The van der Waals surface area contributed by atoms with Crippen molar-refractivity contribution in [2.75, 3.05) is 5.32 Å². The molecule has 94 valence electrons. The molecular formula is C15H17NO2. The van der Waals surface area contributed by atoms with E-state index in [9.17, 15) is 4.79 Å². The maximum Gasteiger partial charge on any atom is 0.224 e. The Labute approximate surface area is 107 Å². The predicted octanol–water partition coefficient (Wildman–Crippen LogP) is 3.99. The van der Waals surface area contributed by atoms with Crippen molar-refractivity contribution in [1.82, 2.24) is 0 Å². The smallest absolute Gasteiger partial charge is 0.224 e. The van der Waals surface area contributed by atoms with Crippen molar-refractivity contribution in [3.05, 3.63) is 42.2 Å². The first-order valence-corrected chi connectivity index (χ1v) is 6.15. The lowest BCUT2D eigenvalue weighted by atomic mass is 10.1. The summed E-state index contributed by atoms with van der Waals surface area (Å²) in [5.74, 6) is 0.867. The Morgan fingerprint density at radius 2 is 2.17 bits per heavy atom. The van der Waals surface area contributed by atoms with Gasteiger partial charge in [0.2, 0.25) is 5.91 Å². The second-order valence-electron chi connectivity index (χ2n) is 4.31. The van der Waals surface area contributed by atoms with Crippen LogP contribution in [0.5, 0.6) is 0 Å². The van der Waals surface area contributed by atoms with E-state index >= 15 is 0 Å². The number of hydrogen-bond donors (Lipinski definition) is 1. The average molecular weight is 243 g/mol. The van der Waals surface area contributed by atoms with Crippen molar-refractivity contribution in [3.8, 4) is 11.3 Å². The zero-order chi connectivity index (χ0) is 13.0. The molecule has 0 saturated carbocycles. The van der Waals surface area contributed by atoms with Gasteiger partial charge in [0.25, 0.3) is 0 Å².